The molecule has 1 aliphatic heterocycles. The van der Waals surface area contributed by atoms with Crippen molar-refractivity contribution in [2.24, 2.45) is 23.0 Å². The molecule has 0 aromatic heterocycles. The molecule has 2 aliphatic rings. The van der Waals surface area contributed by atoms with E-state index in [-0.39, 0.29) is 11.5 Å². The van der Waals surface area contributed by atoms with E-state index in [0.717, 1.165) is 19.4 Å². The summed E-state index contributed by atoms with van der Waals surface area (Å²) in [5.74, 6) is 1.16. The summed E-state index contributed by atoms with van der Waals surface area (Å²) in [6.45, 7) is 4.15. The Bertz CT molecular complexity index is 189. The zero-order valence-electron chi connectivity index (χ0n) is 8.20. The van der Waals surface area contributed by atoms with Crippen molar-refractivity contribution in [2.45, 2.75) is 25.9 Å². The first-order chi connectivity index (χ1) is 6.19. The molecule has 2 rings (SSSR count). The Morgan fingerprint density at radius 2 is 2.38 bits per heavy atom. The van der Waals surface area contributed by atoms with Gasteiger partial charge < -0.3 is 15.6 Å². The Morgan fingerprint density at radius 3 is 2.77 bits per heavy atom. The van der Waals surface area contributed by atoms with E-state index in [4.69, 9.17) is 10.5 Å². The predicted molar refractivity (Wildman–Crippen MR) is 50.2 cm³/mol. The largest absolute Gasteiger partial charge is 0.392 e. The fourth-order valence-electron chi connectivity index (χ4n) is 2.38. The maximum Gasteiger partial charge on any atom is 0.0662 e. The zero-order chi connectivity index (χ0) is 9.47. The van der Waals surface area contributed by atoms with Crippen molar-refractivity contribution < 1.29 is 9.84 Å². The maximum absolute atomic E-state index is 10.1. The van der Waals surface area contributed by atoms with Gasteiger partial charge in [0.05, 0.1) is 12.7 Å². The van der Waals surface area contributed by atoms with Gasteiger partial charge in [-0.3, -0.25) is 0 Å². The molecule has 2 fully saturated rings. The highest BCUT2D eigenvalue weighted by Gasteiger charge is 2.50. The van der Waals surface area contributed by atoms with E-state index in [0.29, 0.717) is 25.0 Å². The molecule has 13 heavy (non-hydrogen) atoms. The molecule has 4 atom stereocenters. The molecule has 1 saturated carbocycles. The van der Waals surface area contributed by atoms with Gasteiger partial charge >= 0.3 is 0 Å². The molecule has 0 bridgehead atoms. The Morgan fingerprint density at radius 1 is 1.69 bits per heavy atom. The summed E-state index contributed by atoms with van der Waals surface area (Å²) in [6, 6.07) is 0. The van der Waals surface area contributed by atoms with Gasteiger partial charge in [-0.2, -0.15) is 0 Å². The average Bonchev–Trinajstić information content (AvgIpc) is 2.70. The fourth-order valence-corrected chi connectivity index (χ4v) is 2.38. The third kappa shape index (κ3) is 1.49. The van der Waals surface area contributed by atoms with Gasteiger partial charge in [0.2, 0.25) is 0 Å². The minimum Gasteiger partial charge on any atom is -0.392 e. The minimum absolute atomic E-state index is 0.130. The standard InChI is InChI=1S/C10H19NO2/c1-7-4-8(7)9(12)10(5-11)2-3-13-6-10/h7-9,12H,2-6,11H2,1H3. The number of hydrogen-bond donors (Lipinski definition) is 2. The highest BCUT2D eigenvalue weighted by atomic mass is 16.5. The average molecular weight is 185 g/mol. The van der Waals surface area contributed by atoms with Crippen LogP contribution in [0.25, 0.3) is 0 Å². The number of rotatable bonds is 3. The molecule has 1 heterocycles. The first-order valence-electron chi connectivity index (χ1n) is 5.15. The van der Waals surface area contributed by atoms with Crippen LogP contribution in [-0.4, -0.2) is 31.0 Å². The van der Waals surface area contributed by atoms with E-state index < -0.39 is 0 Å². The summed E-state index contributed by atoms with van der Waals surface area (Å²) in [6.07, 6.45) is 1.84. The molecule has 3 N–H and O–H groups in total. The summed E-state index contributed by atoms with van der Waals surface area (Å²) < 4.78 is 5.35. The van der Waals surface area contributed by atoms with Crippen molar-refractivity contribution in [1.29, 1.82) is 0 Å². The first-order valence-corrected chi connectivity index (χ1v) is 5.15. The lowest BCUT2D eigenvalue weighted by molar-refractivity contribution is 0.00257. The lowest BCUT2D eigenvalue weighted by Crippen LogP contribution is -2.43. The third-order valence-electron chi connectivity index (χ3n) is 3.75. The lowest BCUT2D eigenvalue weighted by Gasteiger charge is -2.31. The van der Waals surface area contributed by atoms with Crippen molar-refractivity contribution in [3.63, 3.8) is 0 Å². The van der Waals surface area contributed by atoms with Crippen LogP contribution in [0.1, 0.15) is 19.8 Å². The molecule has 0 aromatic carbocycles. The van der Waals surface area contributed by atoms with Gasteiger partial charge in [0.15, 0.2) is 0 Å². The van der Waals surface area contributed by atoms with Gasteiger partial charge in [-0.1, -0.05) is 6.92 Å². The summed E-state index contributed by atoms with van der Waals surface area (Å²) in [5.41, 5.74) is 5.61. The number of aliphatic hydroxyl groups excluding tert-OH is 1. The number of aliphatic hydroxyl groups is 1. The SMILES string of the molecule is CC1CC1C(O)C1(CN)CCOC1. The van der Waals surface area contributed by atoms with Crippen LogP contribution >= 0.6 is 0 Å². The quantitative estimate of drug-likeness (QED) is 0.668. The van der Waals surface area contributed by atoms with Crippen LogP contribution in [0.3, 0.4) is 0 Å². The molecule has 4 unspecified atom stereocenters. The van der Waals surface area contributed by atoms with Crippen molar-refractivity contribution in [1.82, 2.24) is 0 Å². The van der Waals surface area contributed by atoms with E-state index >= 15 is 0 Å². The van der Waals surface area contributed by atoms with Crippen LogP contribution in [0.2, 0.25) is 0 Å². The highest BCUT2D eigenvalue weighted by Crippen LogP contribution is 2.48. The second-order valence-corrected chi connectivity index (χ2v) is 4.69. The van der Waals surface area contributed by atoms with Crippen molar-refractivity contribution in [3.05, 3.63) is 0 Å². The van der Waals surface area contributed by atoms with E-state index in [2.05, 4.69) is 6.92 Å². The van der Waals surface area contributed by atoms with Crippen LogP contribution in [0.4, 0.5) is 0 Å². The van der Waals surface area contributed by atoms with E-state index in [9.17, 15) is 5.11 Å². The van der Waals surface area contributed by atoms with Gasteiger partial charge in [-0.25, -0.2) is 0 Å². The zero-order valence-corrected chi connectivity index (χ0v) is 8.20. The summed E-state index contributed by atoms with van der Waals surface area (Å²) in [4.78, 5) is 0. The van der Waals surface area contributed by atoms with Gasteiger partial charge in [0.1, 0.15) is 0 Å². The van der Waals surface area contributed by atoms with Gasteiger partial charge in [-0.05, 0) is 24.7 Å². The number of ether oxygens (including phenoxy) is 1. The Balaban J connectivity index is 2.02. The topological polar surface area (TPSA) is 55.5 Å². The van der Waals surface area contributed by atoms with Gasteiger partial charge in [0.25, 0.3) is 0 Å². The van der Waals surface area contributed by atoms with E-state index in [1.54, 1.807) is 0 Å². The van der Waals surface area contributed by atoms with Crippen LogP contribution in [0.5, 0.6) is 0 Å². The number of nitrogens with two attached hydrogens (primary N) is 1. The van der Waals surface area contributed by atoms with Crippen LogP contribution in [-0.2, 0) is 4.74 Å². The van der Waals surface area contributed by atoms with Crippen molar-refractivity contribution in [3.8, 4) is 0 Å². The summed E-state index contributed by atoms with van der Waals surface area (Å²) in [7, 11) is 0. The van der Waals surface area contributed by atoms with Gasteiger partial charge in [-0.15, -0.1) is 0 Å². The second kappa shape index (κ2) is 3.23. The normalized spacial score (nSPS) is 46.4. The number of hydrogen-bond acceptors (Lipinski definition) is 3. The van der Waals surface area contributed by atoms with Crippen molar-refractivity contribution >= 4 is 0 Å². The molecule has 3 nitrogen and oxygen atoms in total. The van der Waals surface area contributed by atoms with Gasteiger partial charge in [0, 0.05) is 18.6 Å². The molecular weight excluding hydrogens is 166 g/mol. The Labute approximate surface area is 79.3 Å². The predicted octanol–water partition coefficient (Wildman–Crippen LogP) is 0.369. The molecule has 0 radical (unpaired) electrons. The van der Waals surface area contributed by atoms with Crippen LogP contribution in [0.15, 0.2) is 0 Å². The fraction of sp³-hybridized carbons (Fsp3) is 1.00. The molecule has 0 spiro atoms. The Hall–Kier alpha value is -0.120. The second-order valence-electron chi connectivity index (χ2n) is 4.69. The molecule has 0 amide bonds. The molecule has 3 heteroatoms. The first kappa shape index (κ1) is 9.44. The molecule has 1 saturated heterocycles. The summed E-state index contributed by atoms with van der Waals surface area (Å²) >= 11 is 0. The third-order valence-corrected chi connectivity index (χ3v) is 3.75. The van der Waals surface area contributed by atoms with E-state index in [1.807, 2.05) is 0 Å². The van der Waals surface area contributed by atoms with Crippen LogP contribution < -0.4 is 5.73 Å². The summed E-state index contributed by atoms with van der Waals surface area (Å²) in [5, 5.41) is 10.1. The molecule has 0 aromatic rings. The molecular formula is C10H19NO2. The molecule has 76 valence electrons. The van der Waals surface area contributed by atoms with Crippen LogP contribution in [0, 0.1) is 17.3 Å². The maximum atomic E-state index is 10.1. The monoisotopic (exact) mass is 185 g/mol. The lowest BCUT2D eigenvalue weighted by atomic mass is 9.79. The van der Waals surface area contributed by atoms with Crippen molar-refractivity contribution in [2.75, 3.05) is 19.8 Å². The van der Waals surface area contributed by atoms with E-state index in [1.165, 1.54) is 0 Å². The Kier molecular flexibility index (Phi) is 2.34. The smallest absolute Gasteiger partial charge is 0.0662 e. The minimum atomic E-state index is -0.241. The highest BCUT2D eigenvalue weighted by molar-refractivity contribution is 5.00. The molecule has 1 aliphatic carbocycles.